The van der Waals surface area contributed by atoms with E-state index in [9.17, 15) is 24.3 Å². The van der Waals surface area contributed by atoms with Gasteiger partial charge in [-0.1, -0.05) is 18.2 Å². The van der Waals surface area contributed by atoms with Gasteiger partial charge in [0, 0.05) is 48.5 Å². The van der Waals surface area contributed by atoms with E-state index >= 15 is 0 Å². The van der Waals surface area contributed by atoms with Gasteiger partial charge in [-0.2, -0.15) is 0 Å². The molecule has 2 aromatic heterocycles. The lowest BCUT2D eigenvalue weighted by Crippen LogP contribution is -2.56. The first-order chi connectivity index (χ1) is 18.8. The van der Waals surface area contributed by atoms with E-state index in [1.807, 2.05) is 30.5 Å². The third kappa shape index (κ3) is 5.51. The van der Waals surface area contributed by atoms with E-state index in [0.717, 1.165) is 16.5 Å². The lowest BCUT2D eigenvalue weighted by molar-refractivity contribution is -0.148. The Morgan fingerprint density at radius 3 is 2.54 bits per heavy atom. The number of fused-ring (bicyclic) bond motifs is 1. The van der Waals surface area contributed by atoms with Crippen LogP contribution in [-0.2, 0) is 32.0 Å². The van der Waals surface area contributed by atoms with E-state index in [2.05, 4.69) is 20.3 Å². The lowest BCUT2D eigenvalue weighted by atomic mass is 10.0. The van der Waals surface area contributed by atoms with Crippen molar-refractivity contribution >= 4 is 34.6 Å². The van der Waals surface area contributed by atoms with Gasteiger partial charge in [0.25, 0.3) is 0 Å². The molecule has 0 bridgehead atoms. The number of carbonyl (C=O) groups excluding carboxylic acids is 3. The number of aromatic nitrogens is 3. The molecule has 2 fully saturated rings. The van der Waals surface area contributed by atoms with Crippen molar-refractivity contribution in [3.8, 4) is 0 Å². The molecule has 4 atom stereocenters. The average molecular weight is 536 g/mol. The number of para-hydroxylation sites is 1. The van der Waals surface area contributed by atoms with Gasteiger partial charge in [0.2, 0.25) is 17.7 Å². The molecule has 0 spiro atoms. The van der Waals surface area contributed by atoms with E-state index in [1.54, 1.807) is 4.90 Å². The quantitative estimate of drug-likeness (QED) is 0.266. The van der Waals surface area contributed by atoms with Crippen LogP contribution < -0.4 is 11.1 Å². The molecule has 4 heterocycles. The lowest BCUT2D eigenvalue weighted by Gasteiger charge is -2.32. The molecule has 4 unspecified atom stereocenters. The number of H-pyrrole nitrogens is 2. The number of carboxylic acids is 1. The van der Waals surface area contributed by atoms with Crippen LogP contribution in [0.15, 0.2) is 43.0 Å². The summed E-state index contributed by atoms with van der Waals surface area (Å²) in [5.74, 6) is -2.27. The predicted molar refractivity (Wildman–Crippen MR) is 141 cm³/mol. The maximum absolute atomic E-state index is 13.6. The largest absolute Gasteiger partial charge is 0.480 e. The SMILES string of the molecule is NC(Cc1c[nH]c2ccccc12)C(=O)N1CCCC1C(=O)N1CCCC1C(=O)NC(Cc1cnc[nH]1)C(=O)O. The van der Waals surface area contributed by atoms with Crippen molar-refractivity contribution in [2.24, 2.45) is 5.73 Å². The van der Waals surface area contributed by atoms with Crippen molar-refractivity contribution in [2.75, 3.05) is 13.1 Å². The van der Waals surface area contributed by atoms with Gasteiger partial charge >= 0.3 is 5.97 Å². The van der Waals surface area contributed by atoms with E-state index < -0.39 is 36.0 Å². The first-order valence-corrected chi connectivity index (χ1v) is 13.3. The number of amides is 3. The molecule has 0 aliphatic carbocycles. The van der Waals surface area contributed by atoms with E-state index in [1.165, 1.54) is 17.4 Å². The summed E-state index contributed by atoms with van der Waals surface area (Å²) in [6.07, 6.45) is 7.37. The maximum atomic E-state index is 13.6. The summed E-state index contributed by atoms with van der Waals surface area (Å²) in [6, 6.07) is 4.33. The fourth-order valence-electron chi connectivity index (χ4n) is 5.70. The van der Waals surface area contributed by atoms with Gasteiger partial charge in [-0.05, 0) is 43.7 Å². The average Bonchev–Trinajstić information content (AvgIpc) is 3.74. The number of nitrogens with one attached hydrogen (secondary N) is 3. The van der Waals surface area contributed by atoms with Crippen LogP contribution in [-0.4, -0.2) is 90.8 Å². The Bertz CT molecular complexity index is 1350. The molecular formula is C27H33N7O5. The summed E-state index contributed by atoms with van der Waals surface area (Å²) in [7, 11) is 0. The Labute approximate surface area is 224 Å². The second-order valence-electron chi connectivity index (χ2n) is 10.2. The van der Waals surface area contributed by atoms with Crippen molar-refractivity contribution in [1.82, 2.24) is 30.1 Å². The van der Waals surface area contributed by atoms with Crippen LogP contribution >= 0.6 is 0 Å². The highest BCUT2D eigenvalue weighted by Crippen LogP contribution is 2.26. The summed E-state index contributed by atoms with van der Waals surface area (Å²) in [6.45, 7) is 0.794. The van der Waals surface area contributed by atoms with Crippen LogP contribution in [0.4, 0.5) is 0 Å². The monoisotopic (exact) mass is 535 g/mol. The highest BCUT2D eigenvalue weighted by atomic mass is 16.4. The van der Waals surface area contributed by atoms with E-state index in [0.29, 0.717) is 50.9 Å². The summed E-state index contributed by atoms with van der Waals surface area (Å²) < 4.78 is 0. The smallest absolute Gasteiger partial charge is 0.326 e. The van der Waals surface area contributed by atoms with Gasteiger partial charge in [-0.25, -0.2) is 9.78 Å². The summed E-state index contributed by atoms with van der Waals surface area (Å²) in [5.41, 5.74) is 8.83. The molecule has 1 aromatic carbocycles. The molecule has 2 aliphatic heterocycles. The predicted octanol–water partition coefficient (Wildman–Crippen LogP) is 0.555. The van der Waals surface area contributed by atoms with Gasteiger partial charge in [0.1, 0.15) is 18.1 Å². The van der Waals surface area contributed by atoms with Crippen molar-refractivity contribution < 1.29 is 24.3 Å². The molecular weight excluding hydrogens is 502 g/mol. The molecule has 6 N–H and O–H groups in total. The molecule has 206 valence electrons. The number of hydrogen-bond acceptors (Lipinski definition) is 6. The fraction of sp³-hybridized carbons (Fsp3) is 0.444. The van der Waals surface area contributed by atoms with E-state index in [-0.39, 0.29) is 18.2 Å². The molecule has 0 radical (unpaired) electrons. The van der Waals surface area contributed by atoms with Gasteiger partial charge in [-0.3, -0.25) is 14.4 Å². The number of carboxylic acid groups (broad SMARTS) is 1. The third-order valence-corrected chi connectivity index (χ3v) is 7.68. The Morgan fingerprint density at radius 1 is 1.05 bits per heavy atom. The first kappa shape index (κ1) is 26.4. The van der Waals surface area contributed by atoms with Gasteiger partial charge in [0.05, 0.1) is 12.4 Å². The van der Waals surface area contributed by atoms with Crippen LogP contribution in [0, 0.1) is 0 Å². The molecule has 3 aromatic rings. The Hall–Kier alpha value is -4.19. The molecule has 12 heteroatoms. The highest BCUT2D eigenvalue weighted by molar-refractivity contribution is 5.95. The molecule has 5 rings (SSSR count). The minimum atomic E-state index is -1.18. The van der Waals surface area contributed by atoms with Crippen molar-refractivity contribution in [1.29, 1.82) is 0 Å². The molecule has 0 saturated carbocycles. The zero-order valence-electron chi connectivity index (χ0n) is 21.5. The molecule has 2 saturated heterocycles. The van der Waals surface area contributed by atoms with Crippen molar-refractivity contribution in [3.63, 3.8) is 0 Å². The van der Waals surface area contributed by atoms with Gasteiger partial charge < -0.3 is 35.9 Å². The van der Waals surface area contributed by atoms with Crippen molar-refractivity contribution in [2.45, 2.75) is 62.7 Å². The number of nitrogens with zero attached hydrogens (tertiary/aromatic N) is 3. The second-order valence-corrected chi connectivity index (χ2v) is 10.2. The molecule has 12 nitrogen and oxygen atoms in total. The summed E-state index contributed by atoms with van der Waals surface area (Å²) >= 11 is 0. The Morgan fingerprint density at radius 2 is 1.79 bits per heavy atom. The molecule has 3 amide bonds. The first-order valence-electron chi connectivity index (χ1n) is 13.3. The Kier molecular flexibility index (Phi) is 7.64. The Balaban J connectivity index is 1.24. The number of hydrogen-bond donors (Lipinski definition) is 5. The number of aromatic amines is 2. The summed E-state index contributed by atoms with van der Waals surface area (Å²) in [4.78, 5) is 64.9. The van der Waals surface area contributed by atoms with Crippen LogP contribution in [0.1, 0.15) is 36.9 Å². The number of imidazole rings is 1. The topological polar surface area (TPSA) is 178 Å². The van der Waals surface area contributed by atoms with Crippen LogP contribution in [0.2, 0.25) is 0 Å². The van der Waals surface area contributed by atoms with E-state index in [4.69, 9.17) is 5.73 Å². The fourth-order valence-corrected chi connectivity index (χ4v) is 5.70. The van der Waals surface area contributed by atoms with Gasteiger partial charge in [-0.15, -0.1) is 0 Å². The minimum Gasteiger partial charge on any atom is -0.480 e. The number of aliphatic carboxylic acids is 1. The van der Waals surface area contributed by atoms with Gasteiger partial charge in [0.15, 0.2) is 0 Å². The van der Waals surface area contributed by atoms with Crippen LogP contribution in [0.25, 0.3) is 10.9 Å². The highest BCUT2D eigenvalue weighted by Gasteiger charge is 2.43. The number of benzene rings is 1. The number of rotatable bonds is 9. The molecule has 2 aliphatic rings. The third-order valence-electron chi connectivity index (χ3n) is 7.68. The standard InChI is InChI=1S/C27H33N7O5/c28-19(11-16-13-30-20-6-2-1-5-18(16)20)25(36)34-10-4-8-23(34)26(37)33-9-3-7-22(33)24(35)32-21(27(38)39)12-17-14-29-15-31-17/h1-2,5-6,13-15,19,21-23,30H,3-4,7-12,28H2,(H,29,31)(H,32,35)(H,38,39). The number of likely N-dealkylation sites (tertiary alicyclic amines) is 2. The summed E-state index contributed by atoms with van der Waals surface area (Å²) in [5, 5.41) is 13.2. The zero-order valence-corrected chi connectivity index (χ0v) is 21.5. The second kappa shape index (κ2) is 11.3. The normalized spacial score (nSPS) is 20.7. The zero-order chi connectivity index (χ0) is 27.5. The van der Waals surface area contributed by atoms with Crippen LogP contribution in [0.5, 0.6) is 0 Å². The maximum Gasteiger partial charge on any atom is 0.326 e. The number of carbonyl (C=O) groups is 4. The number of nitrogens with two attached hydrogens (primary N) is 1. The molecule has 39 heavy (non-hydrogen) atoms. The minimum absolute atomic E-state index is 0.0426. The van der Waals surface area contributed by atoms with Crippen LogP contribution in [0.3, 0.4) is 0 Å². The van der Waals surface area contributed by atoms with Crippen molar-refractivity contribution in [3.05, 3.63) is 54.2 Å².